The van der Waals surface area contributed by atoms with Crippen molar-refractivity contribution in [3.8, 4) is 5.75 Å². The molecule has 1 aliphatic heterocycles. The molecular weight excluding hydrogens is 472 g/mol. The van der Waals surface area contributed by atoms with Crippen molar-refractivity contribution in [2.45, 2.75) is 36.8 Å². The number of nitrogens with zero attached hydrogens (tertiary/aromatic N) is 3. The Hall–Kier alpha value is -2.68. The van der Waals surface area contributed by atoms with Gasteiger partial charge in [-0.2, -0.15) is 0 Å². The first-order valence-corrected chi connectivity index (χ1v) is 13.6. The van der Waals surface area contributed by atoms with Gasteiger partial charge in [0.25, 0.3) is 0 Å². The number of nitrogens with one attached hydrogen (secondary N) is 1. The van der Waals surface area contributed by atoms with Crippen molar-refractivity contribution in [1.29, 1.82) is 0 Å². The first kappa shape index (κ1) is 26.4. The van der Waals surface area contributed by atoms with E-state index < -0.39 is 5.97 Å². The van der Waals surface area contributed by atoms with E-state index in [-0.39, 0.29) is 18.4 Å². The topological polar surface area (TPSA) is 87.6 Å². The van der Waals surface area contributed by atoms with Gasteiger partial charge in [0.05, 0.1) is 17.7 Å². The number of hydrogen-bond acceptors (Lipinski definition) is 7. The third-order valence-corrected chi connectivity index (χ3v) is 8.16. The number of benzene rings is 1. The Morgan fingerprint density at radius 1 is 1.22 bits per heavy atom. The van der Waals surface area contributed by atoms with Gasteiger partial charge >= 0.3 is 5.97 Å². The van der Waals surface area contributed by atoms with Crippen molar-refractivity contribution in [3.63, 3.8) is 0 Å². The number of likely N-dealkylation sites (tertiary alicyclic amines) is 1. The van der Waals surface area contributed by atoms with Crippen molar-refractivity contribution in [2.75, 3.05) is 39.5 Å². The number of thioether (sulfide) groups is 1. The number of carboxylic acids is 1. The van der Waals surface area contributed by atoms with Gasteiger partial charge in [-0.05, 0) is 86.7 Å². The van der Waals surface area contributed by atoms with Gasteiger partial charge in [0.1, 0.15) is 5.75 Å². The van der Waals surface area contributed by atoms with Crippen LogP contribution in [-0.2, 0) is 4.79 Å². The van der Waals surface area contributed by atoms with Crippen molar-refractivity contribution in [2.24, 2.45) is 11.8 Å². The number of methoxy groups -OCH3 is 1. The first-order valence-electron chi connectivity index (χ1n) is 12.6. The zero-order chi connectivity index (χ0) is 25.3. The molecule has 0 radical (unpaired) electrons. The van der Waals surface area contributed by atoms with Gasteiger partial charge in [-0.25, -0.2) is 4.98 Å². The van der Waals surface area contributed by atoms with Gasteiger partial charge in [-0.3, -0.25) is 9.78 Å². The van der Waals surface area contributed by atoms with Crippen LogP contribution in [0.1, 0.15) is 37.3 Å². The zero-order valence-corrected chi connectivity index (χ0v) is 21.9. The fourth-order valence-corrected chi connectivity index (χ4v) is 6.19. The molecule has 3 aromatic rings. The molecule has 1 fully saturated rings. The summed E-state index contributed by atoms with van der Waals surface area (Å²) in [4.78, 5) is 23.0. The second-order valence-corrected chi connectivity index (χ2v) is 10.5. The molecule has 0 spiro atoms. The van der Waals surface area contributed by atoms with Crippen molar-refractivity contribution < 1.29 is 14.6 Å². The number of hydrogen-bond donors (Lipinski definition) is 2. The molecule has 192 valence electrons. The number of carbonyl (C=O) groups is 1. The fraction of sp³-hybridized carbons (Fsp3) is 0.464. The molecule has 8 heteroatoms. The maximum Gasteiger partial charge on any atom is 0.303 e. The van der Waals surface area contributed by atoms with E-state index in [2.05, 4.69) is 32.3 Å². The monoisotopic (exact) mass is 508 g/mol. The highest BCUT2D eigenvalue weighted by Crippen LogP contribution is 2.35. The Kier molecular flexibility index (Phi) is 9.55. The van der Waals surface area contributed by atoms with E-state index in [4.69, 9.17) is 4.74 Å². The number of rotatable bonds is 12. The zero-order valence-electron chi connectivity index (χ0n) is 21.1. The van der Waals surface area contributed by atoms with E-state index in [1.165, 1.54) is 5.56 Å². The largest absolute Gasteiger partial charge is 0.497 e. The summed E-state index contributed by atoms with van der Waals surface area (Å²) in [5, 5.41) is 15.2. The van der Waals surface area contributed by atoms with Crippen LogP contribution in [0.5, 0.6) is 5.75 Å². The maximum atomic E-state index is 11.7. The Morgan fingerprint density at radius 2 is 2.11 bits per heavy atom. The molecular formula is C28H36N4O3S. The molecule has 7 nitrogen and oxygen atoms in total. The fourth-order valence-electron chi connectivity index (χ4n) is 5.32. The third-order valence-electron chi connectivity index (χ3n) is 7.24. The molecule has 3 atom stereocenters. The lowest BCUT2D eigenvalue weighted by Gasteiger charge is -2.38. The lowest BCUT2D eigenvalue weighted by Crippen LogP contribution is -2.42. The van der Waals surface area contributed by atoms with Crippen LogP contribution in [0.15, 0.2) is 59.9 Å². The first-order chi connectivity index (χ1) is 17.6. The summed E-state index contributed by atoms with van der Waals surface area (Å²) in [6, 6.07) is 14.2. The SMILES string of the molecule is CNC(CC[C@@H]1CCN(CCSc2ccccn2)C[C@@H]1CC(=O)O)c1ccnc2ccc(OC)cc12. The molecule has 2 aromatic heterocycles. The lowest BCUT2D eigenvalue weighted by molar-refractivity contribution is -0.139. The highest BCUT2D eigenvalue weighted by atomic mass is 32.2. The van der Waals surface area contributed by atoms with Crippen molar-refractivity contribution >= 4 is 28.6 Å². The molecule has 1 aliphatic rings. The van der Waals surface area contributed by atoms with Gasteiger partial charge < -0.3 is 20.1 Å². The van der Waals surface area contributed by atoms with E-state index in [1.807, 2.05) is 49.8 Å². The van der Waals surface area contributed by atoms with Crippen LogP contribution in [0.4, 0.5) is 0 Å². The summed E-state index contributed by atoms with van der Waals surface area (Å²) < 4.78 is 5.45. The van der Waals surface area contributed by atoms with Crippen molar-refractivity contribution in [1.82, 2.24) is 20.2 Å². The number of aromatic nitrogens is 2. The van der Waals surface area contributed by atoms with E-state index in [0.29, 0.717) is 5.92 Å². The van der Waals surface area contributed by atoms with Crippen LogP contribution >= 0.6 is 11.8 Å². The molecule has 0 saturated carbocycles. The van der Waals surface area contributed by atoms with E-state index >= 15 is 0 Å². The second-order valence-electron chi connectivity index (χ2n) is 9.43. The minimum atomic E-state index is -0.702. The number of fused-ring (bicyclic) bond motifs is 1. The molecule has 0 aliphatic carbocycles. The highest BCUT2D eigenvalue weighted by molar-refractivity contribution is 7.99. The lowest BCUT2D eigenvalue weighted by atomic mass is 9.79. The minimum Gasteiger partial charge on any atom is -0.497 e. The average Bonchev–Trinajstić information content (AvgIpc) is 2.90. The van der Waals surface area contributed by atoms with Gasteiger partial charge in [0, 0.05) is 49.1 Å². The summed E-state index contributed by atoms with van der Waals surface area (Å²) >= 11 is 1.76. The van der Waals surface area contributed by atoms with Crippen LogP contribution in [-0.4, -0.2) is 65.5 Å². The van der Waals surface area contributed by atoms with Crippen LogP contribution in [0.25, 0.3) is 10.9 Å². The predicted molar refractivity (Wildman–Crippen MR) is 145 cm³/mol. The smallest absolute Gasteiger partial charge is 0.303 e. The van der Waals surface area contributed by atoms with Crippen LogP contribution in [0.2, 0.25) is 0 Å². The Bertz CT molecular complexity index is 1130. The summed E-state index contributed by atoms with van der Waals surface area (Å²) in [6.45, 7) is 2.82. The van der Waals surface area contributed by atoms with Crippen LogP contribution < -0.4 is 10.1 Å². The van der Waals surface area contributed by atoms with E-state index in [9.17, 15) is 9.90 Å². The molecule has 3 heterocycles. The van der Waals surface area contributed by atoms with E-state index in [1.54, 1.807) is 18.9 Å². The van der Waals surface area contributed by atoms with E-state index in [0.717, 1.165) is 66.3 Å². The standard InChI is InChI=1S/C28H36N4O3S/c1-29-25(23-10-13-30-26-9-7-22(35-2)18-24(23)26)8-6-20-11-14-32(19-21(20)17-28(33)34)15-16-36-27-5-3-4-12-31-27/h3-5,7,9-10,12-13,18,20-21,25,29H,6,8,11,14-17,19H2,1-2H3,(H,33,34)/t20-,21+,25?/m1/s1. The van der Waals surface area contributed by atoms with Gasteiger partial charge in [-0.15, -0.1) is 11.8 Å². The number of piperidine rings is 1. The summed E-state index contributed by atoms with van der Waals surface area (Å²) in [7, 11) is 3.67. The molecule has 0 amide bonds. The van der Waals surface area contributed by atoms with Crippen LogP contribution in [0.3, 0.4) is 0 Å². The highest BCUT2D eigenvalue weighted by Gasteiger charge is 2.31. The quantitative estimate of drug-likeness (QED) is 0.335. The molecule has 1 unspecified atom stereocenters. The number of carboxylic acid groups (broad SMARTS) is 1. The summed E-state index contributed by atoms with van der Waals surface area (Å²) in [5.41, 5.74) is 2.16. The van der Waals surface area contributed by atoms with Gasteiger partial charge in [-0.1, -0.05) is 6.07 Å². The Labute approximate surface area is 217 Å². The Balaban J connectivity index is 1.38. The third kappa shape index (κ3) is 6.96. The molecule has 1 saturated heterocycles. The molecule has 4 rings (SSSR count). The maximum absolute atomic E-state index is 11.7. The molecule has 2 N–H and O–H groups in total. The average molecular weight is 509 g/mol. The Morgan fingerprint density at radius 3 is 2.86 bits per heavy atom. The summed E-state index contributed by atoms with van der Waals surface area (Å²) in [5.74, 6) is 1.65. The normalized spacial score (nSPS) is 19.3. The number of pyridine rings is 2. The molecule has 0 bridgehead atoms. The predicted octanol–water partition coefficient (Wildman–Crippen LogP) is 4.88. The number of ether oxygens (including phenoxy) is 1. The number of aliphatic carboxylic acids is 1. The second kappa shape index (κ2) is 13.0. The molecule has 1 aromatic carbocycles. The summed E-state index contributed by atoms with van der Waals surface area (Å²) in [6.07, 6.45) is 6.89. The van der Waals surface area contributed by atoms with Crippen LogP contribution in [0, 0.1) is 11.8 Å². The van der Waals surface area contributed by atoms with Crippen molar-refractivity contribution in [3.05, 3.63) is 60.4 Å². The van der Waals surface area contributed by atoms with Gasteiger partial charge in [0.2, 0.25) is 0 Å². The molecule has 36 heavy (non-hydrogen) atoms. The van der Waals surface area contributed by atoms with Gasteiger partial charge in [0.15, 0.2) is 0 Å². The minimum absolute atomic E-state index is 0.167.